The van der Waals surface area contributed by atoms with Crippen LogP contribution in [-0.4, -0.2) is 30.3 Å². The summed E-state index contributed by atoms with van der Waals surface area (Å²) in [5.74, 6) is 1.35. The van der Waals surface area contributed by atoms with E-state index in [9.17, 15) is 9.59 Å². The third-order valence-electron chi connectivity index (χ3n) is 4.25. The molecule has 1 N–H and O–H groups in total. The molecule has 3 rings (SSSR count). The zero-order chi connectivity index (χ0) is 18.5. The van der Waals surface area contributed by atoms with Crippen LogP contribution < -0.4 is 5.32 Å². The minimum absolute atomic E-state index is 0.0436. The molecule has 5 heteroatoms. The number of hydrogen-bond donors (Lipinski definition) is 1. The van der Waals surface area contributed by atoms with E-state index in [4.69, 9.17) is 4.42 Å². The summed E-state index contributed by atoms with van der Waals surface area (Å²) in [6.45, 7) is 2.59. The van der Waals surface area contributed by atoms with Gasteiger partial charge in [0.2, 0.25) is 5.91 Å². The molecule has 0 aliphatic carbocycles. The van der Waals surface area contributed by atoms with Gasteiger partial charge < -0.3 is 14.6 Å². The van der Waals surface area contributed by atoms with E-state index in [0.29, 0.717) is 18.7 Å². The Morgan fingerprint density at radius 2 is 1.81 bits per heavy atom. The average molecular weight is 350 g/mol. The first-order chi connectivity index (χ1) is 12.5. The number of amides is 2. The highest BCUT2D eigenvalue weighted by Crippen LogP contribution is 2.15. The molecule has 2 aromatic carbocycles. The van der Waals surface area contributed by atoms with Crippen molar-refractivity contribution in [2.24, 2.45) is 0 Å². The quantitative estimate of drug-likeness (QED) is 0.740. The fraction of sp³-hybridized carbons (Fsp3) is 0.238. The smallest absolute Gasteiger partial charge is 0.251 e. The Labute approximate surface area is 152 Å². The third-order valence-corrected chi connectivity index (χ3v) is 4.25. The Morgan fingerprint density at radius 1 is 1.04 bits per heavy atom. The van der Waals surface area contributed by atoms with Gasteiger partial charge in [-0.2, -0.15) is 0 Å². The van der Waals surface area contributed by atoms with Gasteiger partial charge in [-0.3, -0.25) is 9.59 Å². The third kappa shape index (κ3) is 4.30. The van der Waals surface area contributed by atoms with Crippen LogP contribution in [0.25, 0.3) is 10.8 Å². The minimum Gasteiger partial charge on any atom is -0.464 e. The van der Waals surface area contributed by atoms with Gasteiger partial charge in [0.25, 0.3) is 5.91 Å². The molecular formula is C21H22N2O3. The van der Waals surface area contributed by atoms with Crippen LogP contribution in [0.15, 0.2) is 59.0 Å². The van der Waals surface area contributed by atoms with E-state index in [1.54, 1.807) is 18.0 Å². The summed E-state index contributed by atoms with van der Waals surface area (Å²) in [7, 11) is 1.73. The lowest BCUT2D eigenvalue weighted by molar-refractivity contribution is -0.130. The number of carbonyl (C=O) groups is 2. The maximum absolute atomic E-state index is 12.3. The molecule has 1 aromatic heterocycles. The minimum atomic E-state index is -0.173. The lowest BCUT2D eigenvalue weighted by Gasteiger charge is -2.16. The molecule has 0 saturated heterocycles. The number of nitrogens with one attached hydrogen (secondary N) is 1. The monoisotopic (exact) mass is 350 g/mol. The topological polar surface area (TPSA) is 62.6 Å². The van der Waals surface area contributed by atoms with Gasteiger partial charge in [0.1, 0.15) is 11.5 Å². The van der Waals surface area contributed by atoms with Crippen molar-refractivity contribution in [1.82, 2.24) is 10.2 Å². The molecule has 0 unspecified atom stereocenters. The number of rotatable bonds is 6. The van der Waals surface area contributed by atoms with E-state index in [0.717, 1.165) is 22.3 Å². The first kappa shape index (κ1) is 17.7. The number of benzene rings is 2. The van der Waals surface area contributed by atoms with Crippen LogP contribution in [0.5, 0.6) is 0 Å². The van der Waals surface area contributed by atoms with Crippen LogP contribution in [0.4, 0.5) is 0 Å². The normalized spacial score (nSPS) is 10.7. The molecule has 0 aliphatic rings. The summed E-state index contributed by atoms with van der Waals surface area (Å²) in [5.41, 5.74) is 0.593. The number of nitrogens with zero attached hydrogens (tertiary/aromatic N) is 1. The van der Waals surface area contributed by atoms with E-state index in [2.05, 4.69) is 5.32 Å². The van der Waals surface area contributed by atoms with Crippen LogP contribution in [0.1, 0.15) is 28.3 Å². The second-order valence-electron chi connectivity index (χ2n) is 6.33. The molecule has 0 bridgehead atoms. The van der Waals surface area contributed by atoms with Crippen molar-refractivity contribution in [3.63, 3.8) is 0 Å². The van der Waals surface area contributed by atoms with Crippen molar-refractivity contribution in [2.45, 2.75) is 19.9 Å². The van der Waals surface area contributed by atoms with Crippen molar-refractivity contribution < 1.29 is 14.0 Å². The maximum atomic E-state index is 12.3. The van der Waals surface area contributed by atoms with E-state index in [-0.39, 0.29) is 18.2 Å². The summed E-state index contributed by atoms with van der Waals surface area (Å²) < 4.78 is 5.48. The number of carbonyl (C=O) groups excluding carboxylic acids is 2. The van der Waals surface area contributed by atoms with Crippen molar-refractivity contribution in [1.29, 1.82) is 0 Å². The van der Waals surface area contributed by atoms with Gasteiger partial charge in [-0.15, -0.1) is 0 Å². The lowest BCUT2D eigenvalue weighted by atomic mass is 10.1. The second-order valence-corrected chi connectivity index (χ2v) is 6.33. The van der Waals surface area contributed by atoms with E-state index >= 15 is 0 Å². The summed E-state index contributed by atoms with van der Waals surface area (Å²) in [4.78, 5) is 26.1. The van der Waals surface area contributed by atoms with Gasteiger partial charge >= 0.3 is 0 Å². The Hall–Kier alpha value is -3.08. The number of furan rings is 1. The Morgan fingerprint density at radius 3 is 2.54 bits per heavy atom. The zero-order valence-corrected chi connectivity index (χ0v) is 15.0. The number of aryl methyl sites for hydroxylation is 1. The highest BCUT2D eigenvalue weighted by atomic mass is 16.3. The number of fused-ring (bicyclic) bond motifs is 1. The number of hydrogen-bond acceptors (Lipinski definition) is 3. The van der Waals surface area contributed by atoms with Gasteiger partial charge in [-0.05, 0) is 42.0 Å². The molecule has 0 saturated carbocycles. The molecular weight excluding hydrogens is 328 g/mol. The van der Waals surface area contributed by atoms with E-state index in [1.165, 1.54) is 0 Å². The molecule has 3 aromatic rings. The Balaban J connectivity index is 1.49. The van der Waals surface area contributed by atoms with Crippen molar-refractivity contribution in [2.75, 3.05) is 13.6 Å². The van der Waals surface area contributed by atoms with Crippen LogP contribution in [0, 0.1) is 6.92 Å². The maximum Gasteiger partial charge on any atom is 0.251 e. The van der Waals surface area contributed by atoms with E-state index < -0.39 is 0 Å². The molecule has 0 aliphatic heterocycles. The molecule has 5 nitrogen and oxygen atoms in total. The fourth-order valence-electron chi connectivity index (χ4n) is 2.80. The molecule has 0 radical (unpaired) electrons. The Kier molecular flexibility index (Phi) is 5.37. The van der Waals surface area contributed by atoms with Crippen LogP contribution >= 0.6 is 0 Å². The molecule has 1 heterocycles. The molecule has 0 fully saturated rings. The highest BCUT2D eigenvalue weighted by molar-refractivity contribution is 5.98. The van der Waals surface area contributed by atoms with Crippen molar-refractivity contribution in [3.8, 4) is 0 Å². The van der Waals surface area contributed by atoms with Crippen molar-refractivity contribution in [3.05, 3.63) is 71.7 Å². The molecule has 0 spiro atoms. The molecule has 2 amide bonds. The average Bonchev–Trinajstić information content (AvgIpc) is 3.05. The lowest BCUT2D eigenvalue weighted by Crippen LogP contribution is -2.31. The van der Waals surface area contributed by atoms with Gasteiger partial charge in [-0.25, -0.2) is 0 Å². The fourth-order valence-corrected chi connectivity index (χ4v) is 2.80. The summed E-state index contributed by atoms with van der Waals surface area (Å²) in [5, 5.41) is 4.92. The zero-order valence-electron chi connectivity index (χ0n) is 15.0. The van der Waals surface area contributed by atoms with Crippen LogP contribution in [0.3, 0.4) is 0 Å². The first-order valence-electron chi connectivity index (χ1n) is 8.59. The van der Waals surface area contributed by atoms with Gasteiger partial charge in [0.15, 0.2) is 0 Å². The standard InChI is InChI=1S/C21H22N2O3/c1-15-7-10-19(26-15)14-23(2)20(24)11-12-22-21(25)18-9-8-16-5-3-4-6-17(16)13-18/h3-10,13H,11-12,14H2,1-2H3,(H,22,25). The second kappa shape index (κ2) is 7.87. The summed E-state index contributed by atoms with van der Waals surface area (Å²) >= 11 is 0. The largest absolute Gasteiger partial charge is 0.464 e. The predicted molar refractivity (Wildman–Crippen MR) is 101 cm³/mol. The molecule has 0 atom stereocenters. The van der Waals surface area contributed by atoms with Gasteiger partial charge in [-0.1, -0.05) is 30.3 Å². The van der Waals surface area contributed by atoms with Crippen molar-refractivity contribution >= 4 is 22.6 Å². The Bertz CT molecular complexity index is 930. The SMILES string of the molecule is Cc1ccc(CN(C)C(=O)CCNC(=O)c2ccc3ccccc3c2)o1. The van der Waals surface area contributed by atoms with E-state index in [1.807, 2.05) is 55.5 Å². The highest BCUT2D eigenvalue weighted by Gasteiger charge is 2.12. The van der Waals surface area contributed by atoms with Gasteiger partial charge in [0.05, 0.1) is 6.54 Å². The van der Waals surface area contributed by atoms with Gasteiger partial charge in [0, 0.05) is 25.6 Å². The van der Waals surface area contributed by atoms with Crippen LogP contribution in [0.2, 0.25) is 0 Å². The first-order valence-corrected chi connectivity index (χ1v) is 8.59. The molecule has 134 valence electrons. The van der Waals surface area contributed by atoms with Crippen LogP contribution in [-0.2, 0) is 11.3 Å². The summed E-state index contributed by atoms with van der Waals surface area (Å²) in [6.07, 6.45) is 0.246. The summed E-state index contributed by atoms with van der Waals surface area (Å²) in [6, 6.07) is 17.2. The predicted octanol–water partition coefficient (Wildman–Crippen LogP) is 3.52. The molecule has 26 heavy (non-hydrogen) atoms.